The van der Waals surface area contributed by atoms with E-state index in [-0.39, 0.29) is 36.8 Å². The van der Waals surface area contributed by atoms with Crippen molar-refractivity contribution in [2.45, 2.75) is 12.5 Å². The molecule has 0 unspecified atom stereocenters. The average Bonchev–Trinajstić information content (AvgIpc) is 3.11. The van der Waals surface area contributed by atoms with E-state index in [1.807, 2.05) is 72.8 Å². The lowest BCUT2D eigenvalue weighted by molar-refractivity contribution is -0.137. The number of benzene rings is 4. The molecule has 1 aliphatic rings. The minimum atomic E-state index is -1.06. The number of hydrogen-bond acceptors (Lipinski definition) is 4. The first kappa shape index (κ1) is 28.0. The fourth-order valence-corrected chi connectivity index (χ4v) is 5.22. The van der Waals surface area contributed by atoms with Crippen molar-refractivity contribution in [3.8, 4) is 0 Å². The van der Waals surface area contributed by atoms with Gasteiger partial charge in [0.25, 0.3) is 5.91 Å². The topological polar surface area (TPSA) is 128 Å². The number of nitrogen functional groups attached to an aromatic ring is 1. The van der Waals surface area contributed by atoms with E-state index in [1.165, 1.54) is 4.90 Å². The number of amidine groups is 1. The molecule has 210 valence electrons. The fourth-order valence-electron chi connectivity index (χ4n) is 5.22. The Bertz CT molecular complexity index is 1650. The summed E-state index contributed by atoms with van der Waals surface area (Å²) in [7, 11) is 0. The van der Waals surface area contributed by atoms with Crippen LogP contribution in [0.5, 0.6) is 0 Å². The highest BCUT2D eigenvalue weighted by Gasteiger charge is 2.37. The minimum absolute atomic E-state index is 0.0714. The number of rotatable bonds is 9. The van der Waals surface area contributed by atoms with Gasteiger partial charge in [0.05, 0.1) is 23.7 Å². The van der Waals surface area contributed by atoms with Crippen molar-refractivity contribution in [3.05, 3.63) is 143 Å². The number of nitrogens with two attached hydrogens (primary N) is 1. The molecule has 8 heteroatoms. The summed E-state index contributed by atoms with van der Waals surface area (Å²) in [6.45, 7) is 3.86. The molecule has 0 bridgehead atoms. The predicted octanol–water partition coefficient (Wildman–Crippen LogP) is 5.09. The summed E-state index contributed by atoms with van der Waals surface area (Å²) in [6, 6.07) is 31.0. The number of carbonyl (C=O) groups is 3. The van der Waals surface area contributed by atoms with Crippen LogP contribution in [0, 0.1) is 5.41 Å². The molecule has 0 atom stereocenters. The van der Waals surface area contributed by atoms with Crippen LogP contribution in [-0.2, 0) is 9.59 Å². The number of nitrogens with one attached hydrogen (secondary N) is 1. The molecule has 4 aromatic rings. The first-order valence-corrected chi connectivity index (χ1v) is 13.5. The van der Waals surface area contributed by atoms with Gasteiger partial charge in [0.2, 0.25) is 5.91 Å². The maximum absolute atomic E-state index is 14.0. The van der Waals surface area contributed by atoms with Gasteiger partial charge in [-0.1, -0.05) is 91.5 Å². The summed E-state index contributed by atoms with van der Waals surface area (Å²) in [5, 5.41) is 17.1. The molecule has 5 rings (SSSR count). The van der Waals surface area contributed by atoms with E-state index in [2.05, 4.69) is 6.58 Å². The molecule has 1 heterocycles. The number of anilines is 1. The molecular weight excluding hydrogens is 528 g/mol. The molecule has 0 radical (unpaired) electrons. The minimum Gasteiger partial charge on any atom is -0.481 e. The van der Waals surface area contributed by atoms with Gasteiger partial charge in [0, 0.05) is 12.1 Å². The third-order valence-corrected chi connectivity index (χ3v) is 7.32. The van der Waals surface area contributed by atoms with Crippen LogP contribution < -0.4 is 10.6 Å². The molecule has 42 heavy (non-hydrogen) atoms. The number of amides is 2. The Morgan fingerprint density at radius 2 is 1.45 bits per heavy atom. The second kappa shape index (κ2) is 11.9. The SMILES string of the molecule is C=C(c1cccc(C(=N)N)c1)c1ccc2c(c1)C(=O)N(CCC(=O)O)CC(=O)N2C(c1ccccc1)c1ccccc1. The van der Waals surface area contributed by atoms with Gasteiger partial charge in [-0.15, -0.1) is 0 Å². The lowest BCUT2D eigenvalue weighted by Crippen LogP contribution is -2.42. The molecule has 2 amide bonds. The molecule has 0 aromatic heterocycles. The summed E-state index contributed by atoms with van der Waals surface area (Å²) in [5.41, 5.74) is 10.6. The molecule has 0 fully saturated rings. The predicted molar refractivity (Wildman–Crippen MR) is 162 cm³/mol. The van der Waals surface area contributed by atoms with Crippen molar-refractivity contribution in [3.63, 3.8) is 0 Å². The van der Waals surface area contributed by atoms with Crippen molar-refractivity contribution in [1.29, 1.82) is 5.41 Å². The number of hydrogen-bond donors (Lipinski definition) is 3. The van der Waals surface area contributed by atoms with Crippen LogP contribution in [0.3, 0.4) is 0 Å². The number of fused-ring (bicyclic) bond motifs is 1. The number of carboxylic acids is 1. The fraction of sp³-hybridized carbons (Fsp3) is 0.118. The second-order valence-corrected chi connectivity index (χ2v) is 10.1. The normalized spacial score (nSPS) is 13.1. The zero-order chi connectivity index (χ0) is 29.8. The number of aliphatic carboxylic acids is 1. The van der Waals surface area contributed by atoms with Gasteiger partial charge in [-0.05, 0) is 46.0 Å². The number of carbonyl (C=O) groups excluding carboxylic acids is 2. The van der Waals surface area contributed by atoms with Gasteiger partial charge in [-0.2, -0.15) is 0 Å². The maximum Gasteiger partial charge on any atom is 0.305 e. The third-order valence-electron chi connectivity index (χ3n) is 7.32. The Morgan fingerprint density at radius 3 is 2.05 bits per heavy atom. The Hall–Kier alpha value is -5.50. The van der Waals surface area contributed by atoms with Crippen molar-refractivity contribution >= 4 is 34.9 Å². The van der Waals surface area contributed by atoms with Crippen molar-refractivity contribution in [1.82, 2.24) is 4.90 Å². The van der Waals surface area contributed by atoms with Gasteiger partial charge in [0.15, 0.2) is 0 Å². The molecule has 0 saturated heterocycles. The van der Waals surface area contributed by atoms with Crippen LogP contribution in [0.1, 0.15) is 50.6 Å². The summed E-state index contributed by atoms with van der Waals surface area (Å²) in [6.07, 6.45) is -0.292. The molecular formula is C34H30N4O4. The van der Waals surface area contributed by atoms with E-state index >= 15 is 0 Å². The monoisotopic (exact) mass is 558 g/mol. The van der Waals surface area contributed by atoms with E-state index in [1.54, 1.807) is 35.2 Å². The zero-order valence-electron chi connectivity index (χ0n) is 22.9. The largest absolute Gasteiger partial charge is 0.481 e. The Balaban J connectivity index is 1.67. The standard InChI is InChI=1S/C34H30N4O4/c1-22(25-13-8-14-27(19-25)33(35)36)26-15-16-29-28(20-26)34(42)37(18-17-31(40)41)21-30(39)38(29)32(23-9-4-2-5-10-23)24-11-6-3-7-12-24/h2-16,19-20,32H,1,17-18,21H2,(H3,35,36)(H,40,41). The lowest BCUT2D eigenvalue weighted by Gasteiger charge is -2.33. The molecule has 8 nitrogen and oxygen atoms in total. The quantitative estimate of drug-likeness (QED) is 0.195. The van der Waals surface area contributed by atoms with Gasteiger partial charge in [0.1, 0.15) is 12.4 Å². The molecule has 0 spiro atoms. The smallest absolute Gasteiger partial charge is 0.305 e. The Kier molecular flexibility index (Phi) is 7.97. The molecule has 1 aliphatic heterocycles. The first-order chi connectivity index (χ1) is 20.2. The summed E-state index contributed by atoms with van der Waals surface area (Å²) in [4.78, 5) is 42.4. The van der Waals surface area contributed by atoms with Crippen molar-refractivity contribution < 1.29 is 19.5 Å². The van der Waals surface area contributed by atoms with Gasteiger partial charge < -0.3 is 15.7 Å². The van der Waals surface area contributed by atoms with Crippen LogP contribution >= 0.6 is 0 Å². The molecule has 4 N–H and O–H groups in total. The molecule has 0 saturated carbocycles. The van der Waals surface area contributed by atoms with E-state index in [4.69, 9.17) is 11.1 Å². The number of carboxylic acid groups (broad SMARTS) is 1. The first-order valence-electron chi connectivity index (χ1n) is 13.5. The van der Waals surface area contributed by atoms with E-state index in [0.29, 0.717) is 22.4 Å². The van der Waals surface area contributed by atoms with Gasteiger partial charge >= 0.3 is 5.97 Å². The van der Waals surface area contributed by atoms with Gasteiger partial charge in [-0.25, -0.2) is 0 Å². The molecule has 4 aromatic carbocycles. The number of nitrogens with zero attached hydrogens (tertiary/aromatic N) is 2. The highest BCUT2D eigenvalue weighted by Crippen LogP contribution is 2.38. The van der Waals surface area contributed by atoms with Gasteiger partial charge in [-0.3, -0.25) is 24.7 Å². The lowest BCUT2D eigenvalue weighted by atomic mass is 9.93. The van der Waals surface area contributed by atoms with E-state index in [0.717, 1.165) is 16.7 Å². The van der Waals surface area contributed by atoms with Crippen LogP contribution in [-0.4, -0.2) is 46.7 Å². The highest BCUT2D eigenvalue weighted by molar-refractivity contribution is 6.11. The Morgan fingerprint density at radius 1 is 0.857 bits per heavy atom. The third kappa shape index (κ3) is 5.69. The highest BCUT2D eigenvalue weighted by atomic mass is 16.4. The van der Waals surface area contributed by atoms with Crippen LogP contribution in [0.25, 0.3) is 5.57 Å². The van der Waals surface area contributed by atoms with Crippen molar-refractivity contribution in [2.75, 3.05) is 18.0 Å². The van der Waals surface area contributed by atoms with Crippen LogP contribution in [0.2, 0.25) is 0 Å². The summed E-state index contributed by atoms with van der Waals surface area (Å²) < 4.78 is 0. The average molecular weight is 559 g/mol. The van der Waals surface area contributed by atoms with Crippen LogP contribution in [0.15, 0.2) is 110 Å². The van der Waals surface area contributed by atoms with E-state index < -0.39 is 17.9 Å². The Labute approximate surface area is 243 Å². The maximum atomic E-state index is 14.0. The molecule has 0 aliphatic carbocycles. The van der Waals surface area contributed by atoms with E-state index in [9.17, 15) is 19.5 Å². The van der Waals surface area contributed by atoms with Crippen LogP contribution in [0.4, 0.5) is 5.69 Å². The zero-order valence-corrected chi connectivity index (χ0v) is 22.9. The second-order valence-electron chi connectivity index (χ2n) is 10.1. The van der Waals surface area contributed by atoms with Crippen molar-refractivity contribution in [2.24, 2.45) is 5.73 Å². The summed E-state index contributed by atoms with van der Waals surface area (Å²) >= 11 is 0. The summed E-state index contributed by atoms with van der Waals surface area (Å²) in [5.74, 6) is -1.90.